The third-order valence-corrected chi connectivity index (χ3v) is 2.66. The first-order valence-electron chi connectivity index (χ1n) is 4.73. The van der Waals surface area contributed by atoms with E-state index in [0.717, 1.165) is 6.07 Å². The number of aromatic nitrogens is 1. The van der Waals surface area contributed by atoms with Gasteiger partial charge in [-0.2, -0.15) is 0 Å². The van der Waals surface area contributed by atoms with Gasteiger partial charge in [0.05, 0.1) is 17.6 Å². The largest absolute Gasteiger partial charge is 0.495 e. The molecule has 0 atom stereocenters. The maximum atomic E-state index is 11.8. The van der Waals surface area contributed by atoms with Crippen molar-refractivity contribution in [3.05, 3.63) is 39.1 Å². The summed E-state index contributed by atoms with van der Waals surface area (Å²) >= 11 is 5.92. The van der Waals surface area contributed by atoms with E-state index in [9.17, 15) is 9.59 Å². The highest BCUT2D eigenvalue weighted by Crippen LogP contribution is 2.27. The Hall–Kier alpha value is -2.01. The van der Waals surface area contributed by atoms with Gasteiger partial charge in [0.1, 0.15) is 11.4 Å². The topological polar surface area (TPSA) is 85.2 Å². The number of amides is 1. The molecule has 1 aromatic heterocycles. The van der Waals surface area contributed by atoms with Crippen LogP contribution >= 0.6 is 11.6 Å². The summed E-state index contributed by atoms with van der Waals surface area (Å²) in [6, 6.07) is 4.18. The van der Waals surface area contributed by atoms with Crippen molar-refractivity contribution in [2.45, 2.75) is 0 Å². The third kappa shape index (κ3) is 1.97. The number of hydrogen-bond acceptors (Lipinski definition) is 3. The van der Waals surface area contributed by atoms with E-state index >= 15 is 0 Å². The van der Waals surface area contributed by atoms with E-state index in [1.165, 1.54) is 19.2 Å². The molecule has 0 spiro atoms. The van der Waals surface area contributed by atoms with Gasteiger partial charge in [-0.1, -0.05) is 11.6 Å². The van der Waals surface area contributed by atoms with Crippen molar-refractivity contribution in [1.82, 2.24) is 4.98 Å². The zero-order valence-electron chi connectivity index (χ0n) is 8.91. The van der Waals surface area contributed by atoms with E-state index < -0.39 is 5.91 Å². The molecule has 1 heterocycles. The van der Waals surface area contributed by atoms with Gasteiger partial charge >= 0.3 is 0 Å². The number of nitrogens with one attached hydrogen (secondary N) is 1. The number of ether oxygens (including phenoxy) is 1. The Morgan fingerprint density at radius 1 is 1.41 bits per heavy atom. The number of carbonyl (C=O) groups excluding carboxylic acids is 1. The van der Waals surface area contributed by atoms with E-state index in [-0.39, 0.29) is 11.1 Å². The van der Waals surface area contributed by atoms with Crippen LogP contribution in [0.1, 0.15) is 10.5 Å². The SMILES string of the molecule is COc1cc2c(=O)cc(C(N)=O)[nH]c2cc1Cl. The molecule has 1 amide bonds. The van der Waals surface area contributed by atoms with Gasteiger partial charge < -0.3 is 15.5 Å². The highest BCUT2D eigenvalue weighted by molar-refractivity contribution is 6.32. The van der Waals surface area contributed by atoms with Gasteiger partial charge in [0.2, 0.25) is 0 Å². The second-order valence-electron chi connectivity index (χ2n) is 3.44. The molecule has 0 unspecified atom stereocenters. The lowest BCUT2D eigenvalue weighted by Crippen LogP contribution is -2.16. The zero-order valence-corrected chi connectivity index (χ0v) is 9.67. The number of nitrogens with two attached hydrogens (primary N) is 1. The first kappa shape index (κ1) is 11.5. The van der Waals surface area contributed by atoms with Crippen LogP contribution in [0.25, 0.3) is 10.9 Å². The molecule has 0 bridgehead atoms. The number of rotatable bonds is 2. The van der Waals surface area contributed by atoms with Crippen LogP contribution in [0.5, 0.6) is 5.75 Å². The Morgan fingerprint density at radius 2 is 2.12 bits per heavy atom. The highest BCUT2D eigenvalue weighted by atomic mass is 35.5. The predicted molar refractivity (Wildman–Crippen MR) is 64.6 cm³/mol. The Balaban J connectivity index is 2.82. The standard InChI is InChI=1S/C11H9ClN2O3/c1-17-10-2-5-7(3-6(10)12)14-8(11(13)16)4-9(5)15/h2-4H,1H3,(H2,13,16)(H,14,15). The molecule has 6 heteroatoms. The summed E-state index contributed by atoms with van der Waals surface area (Å²) in [6.07, 6.45) is 0. The lowest BCUT2D eigenvalue weighted by Gasteiger charge is -2.06. The number of primary amides is 1. The number of pyridine rings is 1. The molecular formula is C11H9ClN2O3. The van der Waals surface area contributed by atoms with E-state index in [1.807, 2.05) is 0 Å². The number of fused-ring (bicyclic) bond motifs is 1. The molecule has 17 heavy (non-hydrogen) atoms. The number of carbonyl (C=O) groups is 1. The molecule has 0 fully saturated rings. The van der Waals surface area contributed by atoms with Crippen LogP contribution in [0.3, 0.4) is 0 Å². The monoisotopic (exact) mass is 252 g/mol. The highest BCUT2D eigenvalue weighted by Gasteiger charge is 2.09. The van der Waals surface area contributed by atoms with Gasteiger partial charge in [0, 0.05) is 11.5 Å². The molecule has 3 N–H and O–H groups in total. The molecule has 2 rings (SSSR count). The van der Waals surface area contributed by atoms with Crippen molar-refractivity contribution >= 4 is 28.4 Å². The van der Waals surface area contributed by atoms with Gasteiger partial charge in [0.25, 0.3) is 5.91 Å². The first-order valence-corrected chi connectivity index (χ1v) is 5.11. The number of halogens is 1. The number of aromatic amines is 1. The van der Waals surface area contributed by atoms with Crippen molar-refractivity contribution in [2.75, 3.05) is 7.11 Å². The summed E-state index contributed by atoms with van der Waals surface area (Å²) in [6.45, 7) is 0. The number of hydrogen-bond donors (Lipinski definition) is 2. The normalized spacial score (nSPS) is 10.5. The Kier molecular flexibility index (Phi) is 2.77. The smallest absolute Gasteiger partial charge is 0.265 e. The quantitative estimate of drug-likeness (QED) is 0.844. The van der Waals surface area contributed by atoms with E-state index in [0.29, 0.717) is 21.7 Å². The van der Waals surface area contributed by atoms with Crippen LogP contribution in [0.15, 0.2) is 23.0 Å². The van der Waals surface area contributed by atoms with Crippen LogP contribution in [-0.4, -0.2) is 18.0 Å². The summed E-state index contributed by atoms with van der Waals surface area (Å²) < 4.78 is 5.01. The molecule has 0 saturated carbocycles. The minimum atomic E-state index is -0.698. The van der Waals surface area contributed by atoms with Crippen molar-refractivity contribution in [3.63, 3.8) is 0 Å². The van der Waals surface area contributed by atoms with Crippen molar-refractivity contribution in [2.24, 2.45) is 5.73 Å². The average Bonchev–Trinajstić information content (AvgIpc) is 2.27. The van der Waals surface area contributed by atoms with Crippen LogP contribution in [0.2, 0.25) is 5.02 Å². The van der Waals surface area contributed by atoms with Gasteiger partial charge in [-0.15, -0.1) is 0 Å². The third-order valence-electron chi connectivity index (χ3n) is 2.37. The lowest BCUT2D eigenvalue weighted by molar-refractivity contribution is 0.0996. The fraction of sp³-hybridized carbons (Fsp3) is 0.0909. The molecule has 5 nitrogen and oxygen atoms in total. The molecule has 0 aliphatic heterocycles. The number of H-pyrrole nitrogens is 1. The molecular weight excluding hydrogens is 244 g/mol. The summed E-state index contributed by atoms with van der Waals surface area (Å²) in [5.41, 5.74) is 5.27. The molecule has 1 aromatic carbocycles. The van der Waals surface area contributed by atoms with Gasteiger partial charge in [0.15, 0.2) is 5.43 Å². The Morgan fingerprint density at radius 3 is 2.71 bits per heavy atom. The zero-order chi connectivity index (χ0) is 12.6. The molecule has 2 aromatic rings. The predicted octanol–water partition coefficient (Wildman–Crippen LogP) is 1.29. The van der Waals surface area contributed by atoms with Gasteiger partial charge in [-0.3, -0.25) is 9.59 Å². The molecule has 0 aliphatic rings. The minimum Gasteiger partial charge on any atom is -0.495 e. The van der Waals surface area contributed by atoms with E-state index in [4.69, 9.17) is 22.1 Å². The second-order valence-corrected chi connectivity index (χ2v) is 3.85. The van der Waals surface area contributed by atoms with Crippen LogP contribution < -0.4 is 15.9 Å². The fourth-order valence-corrected chi connectivity index (χ4v) is 1.78. The van der Waals surface area contributed by atoms with Gasteiger partial charge in [-0.25, -0.2) is 0 Å². The second kappa shape index (κ2) is 4.10. The Bertz CT molecular complexity index is 664. The number of benzene rings is 1. The Labute approximate surface area is 101 Å². The summed E-state index contributed by atoms with van der Waals surface area (Å²) in [4.78, 5) is 25.5. The van der Waals surface area contributed by atoms with Crippen molar-refractivity contribution < 1.29 is 9.53 Å². The number of methoxy groups -OCH3 is 1. The minimum absolute atomic E-state index is 0.0451. The fourth-order valence-electron chi connectivity index (χ4n) is 1.54. The summed E-state index contributed by atoms with van der Waals surface area (Å²) in [5, 5.41) is 0.730. The molecule has 0 aliphatic carbocycles. The van der Waals surface area contributed by atoms with Gasteiger partial charge in [-0.05, 0) is 12.1 Å². The van der Waals surface area contributed by atoms with E-state index in [1.54, 1.807) is 0 Å². The maximum absolute atomic E-state index is 11.8. The van der Waals surface area contributed by atoms with E-state index in [2.05, 4.69) is 4.98 Å². The van der Waals surface area contributed by atoms with Crippen molar-refractivity contribution in [1.29, 1.82) is 0 Å². The average molecular weight is 253 g/mol. The molecule has 0 radical (unpaired) electrons. The summed E-state index contributed by atoms with van der Waals surface area (Å²) in [7, 11) is 1.46. The van der Waals surface area contributed by atoms with Crippen molar-refractivity contribution in [3.8, 4) is 5.75 Å². The molecule has 88 valence electrons. The van der Waals surface area contributed by atoms with Crippen LogP contribution in [-0.2, 0) is 0 Å². The summed E-state index contributed by atoms with van der Waals surface area (Å²) in [5.74, 6) is -0.299. The first-order chi connectivity index (χ1) is 8.02. The lowest BCUT2D eigenvalue weighted by atomic mass is 10.2. The maximum Gasteiger partial charge on any atom is 0.265 e. The van der Waals surface area contributed by atoms with Crippen LogP contribution in [0.4, 0.5) is 0 Å². The van der Waals surface area contributed by atoms with Crippen LogP contribution in [0, 0.1) is 0 Å². The molecule has 0 saturated heterocycles.